The van der Waals surface area contributed by atoms with E-state index in [1.165, 1.54) is 70.4 Å². The second kappa shape index (κ2) is 9.01. The van der Waals surface area contributed by atoms with E-state index in [0.717, 1.165) is 22.2 Å². The van der Waals surface area contributed by atoms with Crippen molar-refractivity contribution in [1.82, 2.24) is 4.48 Å². The predicted molar refractivity (Wildman–Crippen MR) is 191 cm³/mol. The van der Waals surface area contributed by atoms with Crippen LogP contribution in [0.25, 0.3) is 54.9 Å². The SMILES string of the molecule is CSc1ccc2c(c1)c1cc(SC)cc3c1n2B1c2ccccc2N(c2ccccc2)c2c1c-3cc1oc3ccccc3c21. The van der Waals surface area contributed by atoms with Crippen molar-refractivity contribution in [2.45, 2.75) is 9.79 Å². The molecule has 0 N–H and O–H groups in total. The molecule has 8 aromatic rings. The van der Waals surface area contributed by atoms with Crippen molar-refractivity contribution in [3.8, 4) is 11.1 Å². The van der Waals surface area contributed by atoms with E-state index in [9.17, 15) is 0 Å². The molecule has 4 heterocycles. The number of anilines is 3. The Balaban J connectivity index is 1.47. The first-order valence-corrected chi connectivity index (χ1v) is 17.3. The Hall–Kier alpha value is -4.52. The molecule has 0 aliphatic carbocycles. The number of para-hydroxylation sites is 3. The van der Waals surface area contributed by atoms with Crippen LogP contribution in [0, 0.1) is 0 Å². The Labute approximate surface area is 263 Å². The van der Waals surface area contributed by atoms with Crippen molar-refractivity contribution < 1.29 is 4.42 Å². The predicted octanol–water partition coefficient (Wildman–Crippen LogP) is 9.56. The molecule has 2 aromatic heterocycles. The Kier molecular flexibility index (Phi) is 5.09. The smallest absolute Gasteiger partial charge is 0.333 e. The van der Waals surface area contributed by atoms with Crippen LogP contribution >= 0.6 is 23.5 Å². The molecule has 0 amide bonds. The minimum absolute atomic E-state index is 0.0157. The van der Waals surface area contributed by atoms with E-state index in [-0.39, 0.29) is 6.85 Å². The molecule has 2 aliphatic heterocycles. The molecule has 0 saturated carbocycles. The van der Waals surface area contributed by atoms with Gasteiger partial charge in [0.1, 0.15) is 11.2 Å². The average Bonchev–Trinajstić information content (AvgIpc) is 3.62. The van der Waals surface area contributed by atoms with Crippen LogP contribution in [0.5, 0.6) is 0 Å². The van der Waals surface area contributed by atoms with Gasteiger partial charge in [0.15, 0.2) is 0 Å². The zero-order valence-electron chi connectivity index (χ0n) is 24.2. The number of hydrogen-bond donors (Lipinski definition) is 0. The highest BCUT2D eigenvalue weighted by molar-refractivity contribution is 7.98. The summed E-state index contributed by atoms with van der Waals surface area (Å²) in [4.78, 5) is 5.04. The number of aromatic nitrogens is 1. The molecule has 0 fully saturated rings. The van der Waals surface area contributed by atoms with Crippen LogP contribution in [-0.4, -0.2) is 23.8 Å². The lowest BCUT2D eigenvalue weighted by molar-refractivity contribution is 0.669. The fourth-order valence-electron chi connectivity index (χ4n) is 7.78. The van der Waals surface area contributed by atoms with Gasteiger partial charge in [-0.3, -0.25) is 0 Å². The fourth-order valence-corrected chi connectivity index (χ4v) is 8.69. The molecule has 0 saturated heterocycles. The van der Waals surface area contributed by atoms with E-state index in [4.69, 9.17) is 4.42 Å². The number of hydrogen-bond acceptors (Lipinski definition) is 4. The first-order chi connectivity index (χ1) is 21.7. The Morgan fingerprint density at radius 1 is 0.636 bits per heavy atom. The van der Waals surface area contributed by atoms with Gasteiger partial charge in [-0.2, -0.15) is 0 Å². The maximum Gasteiger partial charge on any atom is 0.333 e. The van der Waals surface area contributed by atoms with Crippen LogP contribution in [0.15, 0.2) is 129 Å². The highest BCUT2D eigenvalue weighted by Gasteiger charge is 2.44. The van der Waals surface area contributed by atoms with E-state index >= 15 is 0 Å². The van der Waals surface area contributed by atoms with Gasteiger partial charge in [0.05, 0.1) is 11.1 Å². The van der Waals surface area contributed by atoms with Crippen molar-refractivity contribution >= 4 is 102 Å². The number of benzene rings is 6. The number of rotatable bonds is 3. The summed E-state index contributed by atoms with van der Waals surface area (Å²) >= 11 is 3.61. The number of furan rings is 1. The van der Waals surface area contributed by atoms with Crippen LogP contribution in [0.3, 0.4) is 0 Å². The van der Waals surface area contributed by atoms with Crippen LogP contribution in [-0.2, 0) is 0 Å². The normalized spacial score (nSPS) is 13.3. The highest BCUT2D eigenvalue weighted by atomic mass is 32.2. The molecule has 0 atom stereocenters. The summed E-state index contributed by atoms with van der Waals surface area (Å²) in [5.41, 5.74) is 13.2. The maximum atomic E-state index is 6.68. The van der Waals surface area contributed by atoms with Crippen molar-refractivity contribution in [3.05, 3.63) is 115 Å². The molecule has 6 heteroatoms. The van der Waals surface area contributed by atoms with E-state index in [1.54, 1.807) is 11.8 Å². The minimum Gasteiger partial charge on any atom is -0.456 e. The monoisotopic (exact) mass is 600 g/mol. The first kappa shape index (κ1) is 24.9. The fraction of sp³-hybridized carbons (Fsp3) is 0.0526. The molecule has 0 radical (unpaired) electrons. The summed E-state index contributed by atoms with van der Waals surface area (Å²) in [5, 5.41) is 4.95. The van der Waals surface area contributed by atoms with E-state index in [0.29, 0.717) is 0 Å². The summed E-state index contributed by atoms with van der Waals surface area (Å²) in [6.07, 6.45) is 4.34. The van der Waals surface area contributed by atoms with Crippen LogP contribution in [0.4, 0.5) is 17.1 Å². The van der Waals surface area contributed by atoms with Gasteiger partial charge in [-0.15, -0.1) is 23.5 Å². The quantitative estimate of drug-likeness (QED) is 0.149. The third-order valence-corrected chi connectivity index (χ3v) is 11.0. The van der Waals surface area contributed by atoms with E-state index in [1.807, 2.05) is 11.8 Å². The molecule has 0 spiro atoms. The van der Waals surface area contributed by atoms with Crippen molar-refractivity contribution in [1.29, 1.82) is 0 Å². The molecule has 3 nitrogen and oxygen atoms in total. The lowest BCUT2D eigenvalue weighted by Crippen LogP contribution is -2.56. The third-order valence-electron chi connectivity index (χ3n) is 9.53. The summed E-state index contributed by atoms with van der Waals surface area (Å²) < 4.78 is 9.31. The second-order valence-electron chi connectivity index (χ2n) is 11.6. The summed E-state index contributed by atoms with van der Waals surface area (Å²) in [6, 6.07) is 42.4. The number of fused-ring (bicyclic) bond motifs is 11. The topological polar surface area (TPSA) is 21.3 Å². The highest BCUT2D eigenvalue weighted by Crippen LogP contribution is 2.50. The molecule has 208 valence electrons. The number of thioether (sulfide) groups is 2. The molecule has 2 aliphatic rings. The van der Waals surface area contributed by atoms with Gasteiger partial charge >= 0.3 is 6.85 Å². The summed E-state index contributed by atoms with van der Waals surface area (Å²) in [5.74, 6) is 0. The summed E-state index contributed by atoms with van der Waals surface area (Å²) in [7, 11) is 0. The van der Waals surface area contributed by atoms with Crippen LogP contribution in [0.1, 0.15) is 0 Å². The third kappa shape index (κ3) is 3.12. The summed E-state index contributed by atoms with van der Waals surface area (Å²) in [6.45, 7) is 0.0157. The van der Waals surface area contributed by atoms with Crippen molar-refractivity contribution in [2.24, 2.45) is 0 Å². The van der Waals surface area contributed by atoms with Crippen molar-refractivity contribution in [2.75, 3.05) is 17.4 Å². The molecular formula is C38H25BN2OS2. The van der Waals surface area contributed by atoms with Gasteiger partial charge in [-0.25, -0.2) is 0 Å². The Morgan fingerprint density at radius 2 is 1.41 bits per heavy atom. The molecule has 6 aromatic carbocycles. The van der Waals surface area contributed by atoms with E-state index < -0.39 is 0 Å². The molecule has 10 rings (SSSR count). The lowest BCUT2D eigenvalue weighted by Gasteiger charge is -2.40. The van der Waals surface area contributed by atoms with Crippen molar-refractivity contribution in [3.63, 3.8) is 0 Å². The number of nitrogens with zero attached hydrogens (tertiary/aromatic N) is 2. The van der Waals surface area contributed by atoms with Gasteiger partial charge in [0.2, 0.25) is 0 Å². The van der Waals surface area contributed by atoms with Gasteiger partial charge in [0.25, 0.3) is 0 Å². The molecule has 0 unspecified atom stereocenters. The largest absolute Gasteiger partial charge is 0.456 e. The van der Waals surface area contributed by atoms with E-state index in [2.05, 4.69) is 137 Å². The zero-order valence-corrected chi connectivity index (χ0v) is 25.8. The van der Waals surface area contributed by atoms with Gasteiger partial charge in [0, 0.05) is 53.9 Å². The average molecular weight is 601 g/mol. The van der Waals surface area contributed by atoms with Crippen LogP contribution in [0.2, 0.25) is 0 Å². The lowest BCUT2D eigenvalue weighted by atomic mass is 9.45. The molecule has 0 bridgehead atoms. The Morgan fingerprint density at radius 3 is 2.27 bits per heavy atom. The molecular weight excluding hydrogens is 575 g/mol. The molecule has 44 heavy (non-hydrogen) atoms. The van der Waals surface area contributed by atoms with Gasteiger partial charge in [-0.1, -0.05) is 54.6 Å². The first-order valence-electron chi connectivity index (χ1n) is 14.9. The zero-order chi connectivity index (χ0) is 29.1. The van der Waals surface area contributed by atoms with Crippen LogP contribution < -0.4 is 15.8 Å². The minimum atomic E-state index is 0.0157. The van der Waals surface area contributed by atoms with Gasteiger partial charge < -0.3 is 13.8 Å². The Bertz CT molecular complexity index is 2500. The standard InChI is InChI=1S/C38H25BN2OS2/c1-43-23-16-17-31-26(18-23)28-19-24(44-2)20-29-27-21-34-35(25-12-6-9-15-33(25)42-34)38-36(27)39(41(31)37(28)29)30-13-7-8-14-32(30)40(38)22-10-4-3-5-11-22/h3-21H,1-2H3. The maximum absolute atomic E-state index is 6.68. The second-order valence-corrected chi connectivity index (χ2v) is 13.4. The van der Waals surface area contributed by atoms with Gasteiger partial charge in [-0.05, 0) is 89.7 Å².